The van der Waals surface area contributed by atoms with E-state index < -0.39 is 0 Å². The molecule has 1 heterocycles. The van der Waals surface area contributed by atoms with Gasteiger partial charge >= 0.3 is 0 Å². The zero-order chi connectivity index (χ0) is 15.5. The molecular weight excluding hydrogens is 274 g/mol. The fourth-order valence-corrected chi connectivity index (χ4v) is 2.67. The summed E-state index contributed by atoms with van der Waals surface area (Å²) in [6, 6.07) is 17.9. The maximum atomic E-state index is 12.1. The average molecular weight is 293 g/mol. The van der Waals surface area contributed by atoms with Gasteiger partial charge in [-0.05, 0) is 24.7 Å². The third-order valence-corrected chi connectivity index (χ3v) is 3.82. The first-order valence-corrected chi connectivity index (χ1v) is 7.32. The van der Waals surface area contributed by atoms with Crippen LogP contribution in [-0.2, 0) is 20.1 Å². The molecule has 0 spiro atoms. The van der Waals surface area contributed by atoms with E-state index in [0.717, 1.165) is 17.9 Å². The van der Waals surface area contributed by atoms with Crippen molar-refractivity contribution in [1.29, 1.82) is 0 Å². The zero-order valence-corrected chi connectivity index (χ0v) is 12.9. The number of benzene rings is 2. The number of aryl methyl sites for hydroxylation is 1. The molecule has 0 atom stereocenters. The summed E-state index contributed by atoms with van der Waals surface area (Å²) in [6.45, 7) is 1.45. The van der Waals surface area contributed by atoms with Crippen molar-refractivity contribution in [2.75, 3.05) is 7.05 Å². The Bertz CT molecular complexity index is 840. The van der Waals surface area contributed by atoms with Crippen molar-refractivity contribution in [3.63, 3.8) is 0 Å². The van der Waals surface area contributed by atoms with E-state index in [4.69, 9.17) is 0 Å². The SMILES string of the molecule is CN(Cc1ccccc1)Cc1nc(=O)c2ccccc2n1C. The van der Waals surface area contributed by atoms with E-state index in [1.807, 2.05) is 61.1 Å². The number of para-hydroxylation sites is 1. The molecule has 112 valence electrons. The summed E-state index contributed by atoms with van der Waals surface area (Å²) in [5.41, 5.74) is 2.01. The molecule has 0 aliphatic carbocycles. The fraction of sp³-hybridized carbons (Fsp3) is 0.222. The Balaban J connectivity index is 1.88. The van der Waals surface area contributed by atoms with Crippen LogP contribution < -0.4 is 5.56 Å². The molecule has 22 heavy (non-hydrogen) atoms. The maximum Gasteiger partial charge on any atom is 0.280 e. The lowest BCUT2D eigenvalue weighted by molar-refractivity contribution is 0.306. The van der Waals surface area contributed by atoms with Crippen LogP contribution in [0, 0.1) is 0 Å². The molecule has 0 N–H and O–H groups in total. The highest BCUT2D eigenvalue weighted by Gasteiger charge is 2.10. The molecular formula is C18H19N3O. The molecule has 0 saturated heterocycles. The van der Waals surface area contributed by atoms with Gasteiger partial charge in [-0.15, -0.1) is 0 Å². The quantitative estimate of drug-likeness (QED) is 0.742. The second kappa shape index (κ2) is 6.12. The molecule has 3 aromatic rings. The molecule has 0 saturated carbocycles. The summed E-state index contributed by atoms with van der Waals surface area (Å²) in [7, 11) is 3.99. The van der Waals surface area contributed by atoms with Crippen LogP contribution in [0.4, 0.5) is 0 Å². The summed E-state index contributed by atoms with van der Waals surface area (Å²) >= 11 is 0. The Morgan fingerprint density at radius 2 is 1.68 bits per heavy atom. The van der Waals surface area contributed by atoms with E-state index in [1.54, 1.807) is 0 Å². The molecule has 0 bridgehead atoms. The van der Waals surface area contributed by atoms with Gasteiger partial charge in [-0.1, -0.05) is 42.5 Å². The van der Waals surface area contributed by atoms with E-state index in [0.29, 0.717) is 11.9 Å². The molecule has 0 aliphatic heterocycles. The summed E-state index contributed by atoms with van der Waals surface area (Å²) < 4.78 is 2.00. The molecule has 0 unspecified atom stereocenters. The van der Waals surface area contributed by atoms with E-state index in [1.165, 1.54) is 5.56 Å². The number of hydrogen-bond acceptors (Lipinski definition) is 3. The number of nitrogens with zero attached hydrogens (tertiary/aromatic N) is 3. The van der Waals surface area contributed by atoms with E-state index in [2.05, 4.69) is 22.0 Å². The minimum absolute atomic E-state index is 0.156. The normalized spacial score (nSPS) is 11.2. The topological polar surface area (TPSA) is 38.1 Å². The van der Waals surface area contributed by atoms with Crippen molar-refractivity contribution in [3.05, 3.63) is 76.3 Å². The van der Waals surface area contributed by atoms with Crippen LogP contribution >= 0.6 is 0 Å². The Labute approximate surface area is 129 Å². The fourth-order valence-electron chi connectivity index (χ4n) is 2.67. The first-order valence-electron chi connectivity index (χ1n) is 7.32. The van der Waals surface area contributed by atoms with Crippen molar-refractivity contribution in [3.8, 4) is 0 Å². The van der Waals surface area contributed by atoms with E-state index >= 15 is 0 Å². The van der Waals surface area contributed by atoms with Gasteiger partial charge in [0.1, 0.15) is 5.82 Å². The molecule has 0 aliphatic rings. The van der Waals surface area contributed by atoms with Gasteiger partial charge in [0, 0.05) is 13.6 Å². The van der Waals surface area contributed by atoms with Crippen LogP contribution in [0.1, 0.15) is 11.4 Å². The highest BCUT2D eigenvalue weighted by atomic mass is 16.1. The zero-order valence-electron chi connectivity index (χ0n) is 12.9. The van der Waals surface area contributed by atoms with E-state index in [9.17, 15) is 4.79 Å². The molecule has 0 fully saturated rings. The van der Waals surface area contributed by atoms with Crippen LogP contribution in [0.25, 0.3) is 10.9 Å². The van der Waals surface area contributed by atoms with Crippen LogP contribution in [-0.4, -0.2) is 21.5 Å². The predicted octanol–water partition coefficient (Wildman–Crippen LogP) is 2.57. The van der Waals surface area contributed by atoms with Crippen LogP contribution in [0.3, 0.4) is 0 Å². The van der Waals surface area contributed by atoms with Gasteiger partial charge in [0.25, 0.3) is 5.56 Å². The molecule has 1 aromatic heterocycles. The minimum Gasteiger partial charge on any atom is -0.331 e. The summed E-state index contributed by atoms with van der Waals surface area (Å²) in [6.07, 6.45) is 0. The first-order chi connectivity index (χ1) is 10.6. The average Bonchev–Trinajstić information content (AvgIpc) is 2.53. The first kappa shape index (κ1) is 14.5. The van der Waals surface area contributed by atoms with Crippen LogP contribution in [0.5, 0.6) is 0 Å². The Hall–Kier alpha value is -2.46. The Morgan fingerprint density at radius 3 is 2.45 bits per heavy atom. The number of fused-ring (bicyclic) bond motifs is 1. The maximum absolute atomic E-state index is 12.1. The second-order valence-corrected chi connectivity index (χ2v) is 5.57. The molecule has 3 rings (SSSR count). The van der Waals surface area contributed by atoms with E-state index in [-0.39, 0.29) is 5.56 Å². The van der Waals surface area contributed by atoms with Crippen molar-refractivity contribution in [1.82, 2.24) is 14.5 Å². The number of aromatic nitrogens is 2. The van der Waals surface area contributed by atoms with Gasteiger partial charge in [-0.25, -0.2) is 0 Å². The molecule has 0 amide bonds. The lowest BCUT2D eigenvalue weighted by Crippen LogP contribution is -2.24. The molecule has 2 aromatic carbocycles. The monoisotopic (exact) mass is 293 g/mol. The third kappa shape index (κ3) is 2.92. The smallest absolute Gasteiger partial charge is 0.280 e. The predicted molar refractivity (Wildman–Crippen MR) is 88.6 cm³/mol. The number of hydrogen-bond donors (Lipinski definition) is 0. The highest BCUT2D eigenvalue weighted by Crippen LogP contribution is 2.11. The van der Waals surface area contributed by atoms with Crippen molar-refractivity contribution in [2.24, 2.45) is 7.05 Å². The lowest BCUT2D eigenvalue weighted by Gasteiger charge is -2.19. The highest BCUT2D eigenvalue weighted by molar-refractivity contribution is 5.77. The summed E-state index contributed by atoms with van der Waals surface area (Å²) in [5.74, 6) is 0.780. The summed E-state index contributed by atoms with van der Waals surface area (Å²) in [4.78, 5) is 18.6. The third-order valence-electron chi connectivity index (χ3n) is 3.82. The Kier molecular flexibility index (Phi) is 4.02. The van der Waals surface area contributed by atoms with Gasteiger partial charge in [0.05, 0.1) is 17.4 Å². The van der Waals surface area contributed by atoms with Gasteiger partial charge in [0.15, 0.2) is 0 Å². The minimum atomic E-state index is -0.156. The van der Waals surface area contributed by atoms with Gasteiger partial charge in [0.2, 0.25) is 0 Å². The summed E-state index contributed by atoms with van der Waals surface area (Å²) in [5, 5.41) is 0.666. The molecule has 4 nitrogen and oxygen atoms in total. The van der Waals surface area contributed by atoms with Crippen molar-refractivity contribution < 1.29 is 0 Å². The Morgan fingerprint density at radius 1 is 1.00 bits per heavy atom. The van der Waals surface area contributed by atoms with Crippen LogP contribution in [0.15, 0.2) is 59.4 Å². The largest absolute Gasteiger partial charge is 0.331 e. The van der Waals surface area contributed by atoms with Crippen molar-refractivity contribution >= 4 is 10.9 Å². The number of rotatable bonds is 4. The standard InChI is InChI=1S/C18H19N3O/c1-20(12-14-8-4-3-5-9-14)13-17-19-18(22)15-10-6-7-11-16(15)21(17)2/h3-11H,12-13H2,1-2H3. The lowest BCUT2D eigenvalue weighted by atomic mass is 10.2. The van der Waals surface area contributed by atoms with Gasteiger partial charge in [-0.3, -0.25) is 9.69 Å². The van der Waals surface area contributed by atoms with Gasteiger partial charge < -0.3 is 4.57 Å². The molecule has 4 heteroatoms. The van der Waals surface area contributed by atoms with Crippen LogP contribution in [0.2, 0.25) is 0 Å². The van der Waals surface area contributed by atoms with Crippen molar-refractivity contribution in [2.45, 2.75) is 13.1 Å². The second-order valence-electron chi connectivity index (χ2n) is 5.57. The van der Waals surface area contributed by atoms with Gasteiger partial charge in [-0.2, -0.15) is 4.98 Å². The molecule has 0 radical (unpaired) electrons.